The summed E-state index contributed by atoms with van der Waals surface area (Å²) in [5.74, 6) is 0.428. The highest BCUT2D eigenvalue weighted by atomic mass is 79.9. The second-order valence-corrected chi connectivity index (χ2v) is 9.60. The Balaban J connectivity index is 1.60. The van der Waals surface area contributed by atoms with Crippen molar-refractivity contribution >= 4 is 38.7 Å². The van der Waals surface area contributed by atoms with Crippen LogP contribution in [0.2, 0.25) is 0 Å². The molecule has 0 spiro atoms. The molecule has 0 saturated carbocycles. The molecule has 2 aromatic carbocycles. The average molecular weight is 511 g/mol. The highest BCUT2D eigenvalue weighted by Crippen LogP contribution is 2.35. The van der Waals surface area contributed by atoms with Gasteiger partial charge < -0.3 is 19.9 Å². The second kappa shape index (κ2) is 9.39. The van der Waals surface area contributed by atoms with Crippen molar-refractivity contribution in [3.8, 4) is 11.3 Å². The summed E-state index contributed by atoms with van der Waals surface area (Å²) in [5, 5.41) is 4.94. The van der Waals surface area contributed by atoms with E-state index in [0.29, 0.717) is 18.8 Å². The molecule has 2 N–H and O–H groups in total. The molecule has 1 saturated heterocycles. The molecule has 33 heavy (non-hydrogen) atoms. The minimum atomic E-state index is -0.694. The summed E-state index contributed by atoms with van der Waals surface area (Å²) in [6.07, 6.45) is 1.79. The van der Waals surface area contributed by atoms with E-state index in [9.17, 15) is 9.59 Å². The fourth-order valence-electron chi connectivity index (χ4n) is 4.19. The number of methoxy groups -OCH3 is 1. The fourth-order valence-corrected chi connectivity index (χ4v) is 4.57. The molecule has 0 radical (unpaired) electrons. The third kappa shape index (κ3) is 4.80. The van der Waals surface area contributed by atoms with Crippen molar-refractivity contribution in [2.24, 2.45) is 5.92 Å². The number of hydrogen-bond acceptors (Lipinski definition) is 4. The Morgan fingerprint density at radius 1 is 1.24 bits per heavy atom. The van der Waals surface area contributed by atoms with Gasteiger partial charge in [0, 0.05) is 16.6 Å². The maximum Gasteiger partial charge on any atom is 0.407 e. The number of hydrogen-bond donors (Lipinski definition) is 2. The second-order valence-electron chi connectivity index (χ2n) is 8.68. The summed E-state index contributed by atoms with van der Waals surface area (Å²) in [5.41, 5.74) is 2.85. The van der Waals surface area contributed by atoms with Crippen molar-refractivity contribution in [2.45, 2.75) is 32.4 Å². The van der Waals surface area contributed by atoms with Crippen LogP contribution in [0.3, 0.4) is 0 Å². The normalized spacial score (nSPS) is 16.9. The lowest BCUT2D eigenvalue weighted by atomic mass is 10.0. The van der Waals surface area contributed by atoms with Gasteiger partial charge in [0.05, 0.1) is 25.0 Å². The third-order valence-electron chi connectivity index (χ3n) is 5.95. The number of nitrogens with one attached hydrogen (secondary N) is 2. The number of likely N-dealkylation sites (tertiary alicyclic amines) is 1. The number of nitrogens with zero attached hydrogens (tertiary/aromatic N) is 2. The Morgan fingerprint density at radius 3 is 2.70 bits per heavy atom. The van der Waals surface area contributed by atoms with Gasteiger partial charge in [-0.1, -0.05) is 60.1 Å². The number of fused-ring (bicyclic) bond motifs is 1. The third-order valence-corrected chi connectivity index (χ3v) is 6.44. The van der Waals surface area contributed by atoms with Crippen molar-refractivity contribution in [3.63, 3.8) is 0 Å². The topological polar surface area (TPSA) is 87.3 Å². The minimum absolute atomic E-state index is 0.101. The number of aromatic amines is 1. The molecule has 1 aliphatic rings. The van der Waals surface area contributed by atoms with E-state index in [1.54, 1.807) is 11.1 Å². The molecule has 2 atom stereocenters. The van der Waals surface area contributed by atoms with Crippen LogP contribution in [0, 0.1) is 5.92 Å². The Bertz CT molecular complexity index is 1220. The Kier molecular flexibility index (Phi) is 6.56. The summed E-state index contributed by atoms with van der Waals surface area (Å²) in [6, 6.07) is 11.5. The number of carbonyl (C=O) groups is 2. The number of ether oxygens (including phenoxy) is 1. The number of aromatic nitrogens is 2. The number of alkyl carbamates (subject to hydrolysis) is 1. The molecular weight excluding hydrogens is 484 g/mol. The van der Waals surface area contributed by atoms with Crippen LogP contribution in [-0.4, -0.2) is 46.6 Å². The first-order valence-corrected chi connectivity index (χ1v) is 11.6. The van der Waals surface area contributed by atoms with Gasteiger partial charge in [0.25, 0.3) is 0 Å². The molecule has 0 bridgehead atoms. The maximum atomic E-state index is 13.4. The smallest absolute Gasteiger partial charge is 0.407 e. The van der Waals surface area contributed by atoms with Gasteiger partial charge in [0.2, 0.25) is 5.91 Å². The summed E-state index contributed by atoms with van der Waals surface area (Å²) in [7, 11) is 1.29. The van der Waals surface area contributed by atoms with E-state index in [2.05, 4.69) is 68.1 Å². The lowest BCUT2D eigenvalue weighted by Crippen LogP contribution is -2.51. The summed E-state index contributed by atoms with van der Waals surface area (Å²) >= 11 is 3.51. The van der Waals surface area contributed by atoms with Crippen LogP contribution < -0.4 is 5.32 Å². The number of rotatable bonds is 5. The molecule has 0 aliphatic carbocycles. The summed E-state index contributed by atoms with van der Waals surface area (Å²) < 4.78 is 5.75. The zero-order valence-corrected chi connectivity index (χ0v) is 20.5. The van der Waals surface area contributed by atoms with E-state index < -0.39 is 12.1 Å². The quantitative estimate of drug-likeness (QED) is 0.461. The van der Waals surface area contributed by atoms with Gasteiger partial charge in [-0.15, -0.1) is 0 Å². The molecule has 1 aliphatic heterocycles. The van der Waals surface area contributed by atoms with Gasteiger partial charge >= 0.3 is 6.09 Å². The van der Waals surface area contributed by atoms with Crippen LogP contribution in [0.25, 0.3) is 22.0 Å². The molecule has 8 heteroatoms. The SMILES string of the molecule is C=C1C[C@@H](c2ncc(-c3ccc4cc(Br)ccc4c3)[nH]2)N(C(=O)[C@@H](NC(=O)OC)C(C)C)C1. The van der Waals surface area contributed by atoms with E-state index in [1.165, 1.54) is 7.11 Å². The molecule has 1 fully saturated rings. The Labute approximate surface area is 201 Å². The number of carbonyl (C=O) groups excluding carboxylic acids is 2. The first-order valence-electron chi connectivity index (χ1n) is 10.8. The number of imidazole rings is 1. The Hall–Kier alpha value is -3.13. The van der Waals surface area contributed by atoms with Crippen LogP contribution in [-0.2, 0) is 9.53 Å². The molecule has 172 valence electrons. The molecule has 7 nitrogen and oxygen atoms in total. The average Bonchev–Trinajstić information content (AvgIpc) is 3.43. The van der Waals surface area contributed by atoms with Gasteiger partial charge in [-0.2, -0.15) is 0 Å². The van der Waals surface area contributed by atoms with Crippen molar-refractivity contribution in [1.29, 1.82) is 0 Å². The van der Waals surface area contributed by atoms with E-state index in [0.717, 1.165) is 32.1 Å². The lowest BCUT2D eigenvalue weighted by molar-refractivity contribution is -0.135. The predicted octanol–water partition coefficient (Wildman–Crippen LogP) is 5.20. The fraction of sp³-hybridized carbons (Fsp3) is 0.320. The molecule has 0 unspecified atom stereocenters. The van der Waals surface area contributed by atoms with Crippen LogP contribution in [0.15, 0.2) is 59.2 Å². The highest BCUT2D eigenvalue weighted by molar-refractivity contribution is 9.10. The summed E-state index contributed by atoms with van der Waals surface area (Å²) in [4.78, 5) is 34.9. The molecular formula is C25H27BrN4O3. The van der Waals surface area contributed by atoms with Crippen molar-refractivity contribution in [1.82, 2.24) is 20.2 Å². The molecule has 3 aromatic rings. The molecule has 2 amide bonds. The number of amides is 2. The van der Waals surface area contributed by atoms with E-state index in [1.807, 2.05) is 19.9 Å². The standard InChI is InChI=1S/C25H27BrN4O3/c1-14(2)22(29-25(32)33-4)24(31)30-13-15(3)9-21(30)23-27-12-20(28-23)18-6-5-17-11-19(26)8-7-16(17)10-18/h5-8,10-12,14,21-22H,3,9,13H2,1-2,4H3,(H,27,28)(H,29,32)/t21-,22-/m0/s1. The van der Waals surface area contributed by atoms with E-state index >= 15 is 0 Å². The molecule has 2 heterocycles. The zero-order valence-electron chi connectivity index (χ0n) is 18.9. The van der Waals surface area contributed by atoms with Gasteiger partial charge in [-0.05, 0) is 41.3 Å². The van der Waals surface area contributed by atoms with Crippen molar-refractivity contribution < 1.29 is 14.3 Å². The van der Waals surface area contributed by atoms with Gasteiger partial charge in [0.1, 0.15) is 11.9 Å². The molecule has 1 aromatic heterocycles. The summed E-state index contributed by atoms with van der Waals surface area (Å²) in [6.45, 7) is 8.31. The Morgan fingerprint density at radius 2 is 1.97 bits per heavy atom. The largest absolute Gasteiger partial charge is 0.453 e. The number of halogens is 1. The van der Waals surface area contributed by atoms with Gasteiger partial charge in [-0.3, -0.25) is 4.79 Å². The van der Waals surface area contributed by atoms with E-state index in [4.69, 9.17) is 4.74 Å². The van der Waals surface area contributed by atoms with Crippen LogP contribution >= 0.6 is 15.9 Å². The number of benzene rings is 2. The first kappa shape index (κ1) is 23.0. The maximum absolute atomic E-state index is 13.4. The number of H-pyrrole nitrogens is 1. The highest BCUT2D eigenvalue weighted by Gasteiger charge is 2.38. The van der Waals surface area contributed by atoms with Gasteiger partial charge in [0.15, 0.2) is 0 Å². The zero-order chi connectivity index (χ0) is 23.7. The monoisotopic (exact) mass is 510 g/mol. The van der Waals surface area contributed by atoms with E-state index in [-0.39, 0.29) is 17.9 Å². The van der Waals surface area contributed by atoms with Crippen molar-refractivity contribution in [2.75, 3.05) is 13.7 Å². The van der Waals surface area contributed by atoms with Crippen LogP contribution in [0.4, 0.5) is 4.79 Å². The van der Waals surface area contributed by atoms with Crippen molar-refractivity contribution in [3.05, 3.63) is 65.0 Å². The predicted molar refractivity (Wildman–Crippen MR) is 132 cm³/mol. The minimum Gasteiger partial charge on any atom is -0.453 e. The van der Waals surface area contributed by atoms with Crippen LogP contribution in [0.5, 0.6) is 0 Å². The van der Waals surface area contributed by atoms with Gasteiger partial charge in [-0.25, -0.2) is 9.78 Å². The first-order chi connectivity index (χ1) is 15.8. The van der Waals surface area contributed by atoms with Crippen LogP contribution in [0.1, 0.15) is 32.1 Å². The lowest BCUT2D eigenvalue weighted by Gasteiger charge is -2.29. The molecule has 4 rings (SSSR count).